The highest BCUT2D eigenvalue weighted by atomic mass is 35.5. The van der Waals surface area contributed by atoms with E-state index < -0.39 is 5.24 Å². The molecular weight excluding hydrogens is 212 g/mol. The number of furan rings is 1. The van der Waals surface area contributed by atoms with E-state index in [1.807, 2.05) is 31.2 Å². The number of halogens is 1. The van der Waals surface area contributed by atoms with Crippen LogP contribution in [0.2, 0.25) is 0 Å². The Balaban J connectivity index is 2.46. The molecule has 0 aliphatic rings. The monoisotopic (exact) mass is 220 g/mol. The Hall–Kier alpha value is -1.54. The van der Waals surface area contributed by atoms with Gasteiger partial charge in [0.2, 0.25) is 0 Å². The van der Waals surface area contributed by atoms with Crippen molar-refractivity contribution in [1.29, 1.82) is 0 Å². The Morgan fingerprint density at radius 2 is 1.93 bits per heavy atom. The van der Waals surface area contributed by atoms with E-state index in [0.717, 1.165) is 11.1 Å². The molecule has 1 heterocycles. The van der Waals surface area contributed by atoms with Gasteiger partial charge in [0, 0.05) is 5.56 Å². The molecule has 0 saturated carbocycles. The first-order valence-electron chi connectivity index (χ1n) is 4.54. The van der Waals surface area contributed by atoms with Crippen molar-refractivity contribution in [3.63, 3.8) is 0 Å². The highest BCUT2D eigenvalue weighted by Crippen LogP contribution is 2.25. The van der Waals surface area contributed by atoms with Gasteiger partial charge in [-0.2, -0.15) is 0 Å². The van der Waals surface area contributed by atoms with Crippen LogP contribution < -0.4 is 0 Å². The highest BCUT2D eigenvalue weighted by molar-refractivity contribution is 6.67. The maximum Gasteiger partial charge on any atom is 0.287 e. The van der Waals surface area contributed by atoms with Gasteiger partial charge in [-0.25, -0.2) is 0 Å². The number of carbonyl (C=O) groups excluding carboxylic acids is 1. The molecule has 15 heavy (non-hydrogen) atoms. The van der Waals surface area contributed by atoms with E-state index in [2.05, 4.69) is 0 Å². The molecule has 0 N–H and O–H groups in total. The number of aryl methyl sites for hydroxylation is 1. The maximum atomic E-state index is 10.8. The highest BCUT2D eigenvalue weighted by Gasteiger charge is 2.10. The number of rotatable bonds is 2. The molecule has 1 aromatic carbocycles. The molecule has 1 aromatic heterocycles. The van der Waals surface area contributed by atoms with Crippen molar-refractivity contribution in [1.82, 2.24) is 0 Å². The third-order valence-corrected chi connectivity index (χ3v) is 2.40. The number of benzene rings is 1. The van der Waals surface area contributed by atoms with E-state index >= 15 is 0 Å². The van der Waals surface area contributed by atoms with Crippen molar-refractivity contribution in [2.45, 2.75) is 6.92 Å². The van der Waals surface area contributed by atoms with Crippen molar-refractivity contribution in [3.05, 3.63) is 47.7 Å². The zero-order valence-corrected chi connectivity index (χ0v) is 8.91. The summed E-state index contributed by atoms with van der Waals surface area (Å²) < 4.78 is 5.33. The molecule has 0 aliphatic carbocycles. The normalized spacial score (nSPS) is 10.3. The second kappa shape index (κ2) is 3.91. The van der Waals surface area contributed by atoms with Crippen molar-refractivity contribution in [2.75, 3.05) is 0 Å². The van der Waals surface area contributed by atoms with Crippen LogP contribution in [-0.4, -0.2) is 5.24 Å². The molecule has 2 aromatic rings. The average Bonchev–Trinajstić information content (AvgIpc) is 2.67. The Bertz CT molecular complexity index is 500. The van der Waals surface area contributed by atoms with Gasteiger partial charge in [-0.05, 0) is 36.2 Å². The summed E-state index contributed by atoms with van der Waals surface area (Å²) in [6.07, 6.45) is 0. The predicted molar refractivity (Wildman–Crippen MR) is 59.1 cm³/mol. The van der Waals surface area contributed by atoms with Crippen LogP contribution in [0.3, 0.4) is 0 Å². The molecule has 0 amide bonds. The maximum absolute atomic E-state index is 10.8. The molecule has 3 heteroatoms. The summed E-state index contributed by atoms with van der Waals surface area (Å²) in [4.78, 5) is 10.8. The largest absolute Gasteiger partial charge is 0.452 e. The van der Waals surface area contributed by atoms with Crippen LogP contribution in [0.4, 0.5) is 0 Å². The van der Waals surface area contributed by atoms with E-state index in [0.29, 0.717) is 5.76 Å². The fourth-order valence-electron chi connectivity index (χ4n) is 1.44. The second-order valence-corrected chi connectivity index (χ2v) is 3.60. The van der Waals surface area contributed by atoms with E-state index in [1.54, 1.807) is 12.1 Å². The summed E-state index contributed by atoms with van der Waals surface area (Å²) in [5.41, 5.74) is 2.07. The van der Waals surface area contributed by atoms with Gasteiger partial charge >= 0.3 is 0 Å². The van der Waals surface area contributed by atoms with Gasteiger partial charge in [0.25, 0.3) is 5.24 Å². The SMILES string of the molecule is Cc1ccccc1-c1ccc(C(=O)Cl)o1. The van der Waals surface area contributed by atoms with E-state index in [-0.39, 0.29) is 5.76 Å². The van der Waals surface area contributed by atoms with Gasteiger partial charge in [-0.1, -0.05) is 24.3 Å². The van der Waals surface area contributed by atoms with Crippen molar-refractivity contribution in [2.24, 2.45) is 0 Å². The molecule has 0 atom stereocenters. The average molecular weight is 221 g/mol. The summed E-state index contributed by atoms with van der Waals surface area (Å²) in [7, 11) is 0. The van der Waals surface area contributed by atoms with Crippen LogP contribution in [0.15, 0.2) is 40.8 Å². The van der Waals surface area contributed by atoms with E-state index in [1.165, 1.54) is 0 Å². The first-order valence-corrected chi connectivity index (χ1v) is 4.92. The van der Waals surface area contributed by atoms with Gasteiger partial charge in [-0.15, -0.1) is 0 Å². The zero-order valence-electron chi connectivity index (χ0n) is 8.16. The summed E-state index contributed by atoms with van der Waals surface area (Å²) in [5.74, 6) is 0.840. The Morgan fingerprint density at radius 1 is 1.20 bits per heavy atom. The van der Waals surface area contributed by atoms with Crippen molar-refractivity contribution >= 4 is 16.8 Å². The number of hydrogen-bond acceptors (Lipinski definition) is 2. The molecule has 0 aliphatic heterocycles. The lowest BCUT2D eigenvalue weighted by atomic mass is 10.1. The minimum absolute atomic E-state index is 0.176. The molecule has 2 rings (SSSR count). The zero-order chi connectivity index (χ0) is 10.8. The molecule has 76 valence electrons. The summed E-state index contributed by atoms with van der Waals surface area (Å²) in [6.45, 7) is 1.99. The Morgan fingerprint density at radius 3 is 2.53 bits per heavy atom. The quantitative estimate of drug-likeness (QED) is 0.724. The molecular formula is C12H9ClO2. The van der Waals surface area contributed by atoms with Gasteiger partial charge < -0.3 is 4.42 Å². The van der Waals surface area contributed by atoms with Crippen LogP contribution >= 0.6 is 11.6 Å². The van der Waals surface area contributed by atoms with Gasteiger partial charge in [0.1, 0.15) is 5.76 Å². The lowest BCUT2D eigenvalue weighted by Crippen LogP contribution is -1.82. The van der Waals surface area contributed by atoms with Gasteiger partial charge in [0.05, 0.1) is 0 Å². The van der Waals surface area contributed by atoms with Gasteiger partial charge in [-0.3, -0.25) is 4.79 Å². The third kappa shape index (κ3) is 1.95. The minimum Gasteiger partial charge on any atom is -0.452 e. The topological polar surface area (TPSA) is 30.2 Å². The van der Waals surface area contributed by atoms with Crippen LogP contribution in [0.1, 0.15) is 16.1 Å². The Kier molecular flexibility index (Phi) is 2.60. The summed E-state index contributed by atoms with van der Waals surface area (Å²) in [5, 5.41) is -0.574. The second-order valence-electron chi connectivity index (χ2n) is 3.25. The lowest BCUT2D eigenvalue weighted by Gasteiger charge is -2.00. The molecule has 0 spiro atoms. The molecule has 0 radical (unpaired) electrons. The van der Waals surface area contributed by atoms with Crippen LogP contribution in [0.25, 0.3) is 11.3 Å². The van der Waals surface area contributed by atoms with E-state index in [4.69, 9.17) is 16.0 Å². The first kappa shape index (κ1) is 9.99. The molecule has 0 saturated heterocycles. The number of hydrogen-bond donors (Lipinski definition) is 0. The van der Waals surface area contributed by atoms with Crippen molar-refractivity contribution < 1.29 is 9.21 Å². The summed E-state index contributed by atoms with van der Waals surface area (Å²) in [6, 6.07) is 11.1. The first-order chi connectivity index (χ1) is 7.18. The molecule has 2 nitrogen and oxygen atoms in total. The third-order valence-electron chi connectivity index (χ3n) is 2.21. The van der Waals surface area contributed by atoms with Gasteiger partial charge in [0.15, 0.2) is 5.76 Å². The van der Waals surface area contributed by atoms with Crippen LogP contribution in [0.5, 0.6) is 0 Å². The Labute approximate surface area is 92.5 Å². The van der Waals surface area contributed by atoms with E-state index in [9.17, 15) is 4.79 Å². The molecule has 0 bridgehead atoms. The molecule has 0 fully saturated rings. The van der Waals surface area contributed by atoms with Crippen LogP contribution in [0, 0.1) is 6.92 Å². The van der Waals surface area contributed by atoms with Crippen LogP contribution in [-0.2, 0) is 0 Å². The standard InChI is InChI=1S/C12H9ClO2/c1-8-4-2-3-5-9(8)10-6-7-11(15-10)12(13)14/h2-7H,1H3. The fraction of sp³-hybridized carbons (Fsp3) is 0.0833. The minimum atomic E-state index is -0.574. The predicted octanol–water partition coefficient (Wildman–Crippen LogP) is 3.63. The fourth-order valence-corrected chi connectivity index (χ4v) is 1.54. The lowest BCUT2D eigenvalue weighted by molar-refractivity contribution is 0.105. The smallest absolute Gasteiger partial charge is 0.287 e. The summed E-state index contributed by atoms with van der Waals surface area (Å²) >= 11 is 5.31. The van der Waals surface area contributed by atoms with Crippen molar-refractivity contribution in [3.8, 4) is 11.3 Å². The molecule has 0 unspecified atom stereocenters. The number of carbonyl (C=O) groups is 1.